The molecule has 0 heterocycles. The smallest absolute Gasteiger partial charge is 0.234 e. The predicted molar refractivity (Wildman–Crippen MR) is 84.5 cm³/mol. The van der Waals surface area contributed by atoms with Gasteiger partial charge in [-0.2, -0.15) is 0 Å². The molecule has 0 fully saturated rings. The molecule has 1 aromatic carbocycles. The molecule has 0 saturated heterocycles. The molecule has 1 rings (SSSR count). The lowest BCUT2D eigenvalue weighted by atomic mass is 10.1. The van der Waals surface area contributed by atoms with E-state index in [9.17, 15) is 4.79 Å². The molecule has 0 aliphatic heterocycles. The van der Waals surface area contributed by atoms with Crippen LogP contribution in [-0.4, -0.2) is 42.2 Å². The minimum absolute atomic E-state index is 0.0117. The second-order valence-corrected chi connectivity index (χ2v) is 5.76. The van der Waals surface area contributed by atoms with Crippen LogP contribution < -0.4 is 5.32 Å². The van der Waals surface area contributed by atoms with Gasteiger partial charge in [0.2, 0.25) is 5.91 Å². The van der Waals surface area contributed by atoms with Crippen LogP contribution in [0.3, 0.4) is 0 Å². The molecule has 20 heavy (non-hydrogen) atoms. The molecular weight excluding hydrogens is 320 g/mol. The standard InChI is InChI=1S/C15H23BrN2O2/c1-3-8-18(9-10-19)11-15(20)17-12(2)13-4-6-14(16)7-5-13/h4-7,12,19H,3,8-11H2,1-2H3,(H,17,20)/t12-/m1/s1. The number of benzene rings is 1. The average Bonchev–Trinajstić information content (AvgIpc) is 2.39. The molecule has 112 valence electrons. The van der Waals surface area contributed by atoms with Gasteiger partial charge in [0.25, 0.3) is 0 Å². The summed E-state index contributed by atoms with van der Waals surface area (Å²) in [5, 5.41) is 12.0. The highest BCUT2D eigenvalue weighted by atomic mass is 79.9. The largest absolute Gasteiger partial charge is 0.395 e. The molecule has 0 aliphatic carbocycles. The van der Waals surface area contributed by atoms with Crippen molar-refractivity contribution < 1.29 is 9.90 Å². The van der Waals surface area contributed by atoms with Gasteiger partial charge in [0.15, 0.2) is 0 Å². The van der Waals surface area contributed by atoms with Crippen LogP contribution in [0.4, 0.5) is 0 Å². The van der Waals surface area contributed by atoms with Crippen molar-refractivity contribution in [3.05, 3.63) is 34.3 Å². The number of carbonyl (C=O) groups excluding carboxylic acids is 1. The molecule has 4 nitrogen and oxygen atoms in total. The van der Waals surface area contributed by atoms with E-state index in [1.165, 1.54) is 0 Å². The van der Waals surface area contributed by atoms with E-state index in [2.05, 4.69) is 28.2 Å². The van der Waals surface area contributed by atoms with Crippen LogP contribution in [0, 0.1) is 0 Å². The Balaban J connectivity index is 2.49. The molecule has 0 saturated carbocycles. The Kier molecular flexibility index (Phi) is 7.80. The number of amides is 1. The van der Waals surface area contributed by atoms with Crippen LogP contribution in [0.15, 0.2) is 28.7 Å². The minimum atomic E-state index is -0.0202. The van der Waals surface area contributed by atoms with E-state index in [1.54, 1.807) is 0 Å². The van der Waals surface area contributed by atoms with Gasteiger partial charge in [-0.25, -0.2) is 0 Å². The number of rotatable bonds is 8. The summed E-state index contributed by atoms with van der Waals surface area (Å²) in [7, 11) is 0. The van der Waals surface area contributed by atoms with Crippen molar-refractivity contribution >= 4 is 21.8 Å². The first-order valence-electron chi connectivity index (χ1n) is 6.94. The first kappa shape index (κ1) is 17.1. The highest BCUT2D eigenvalue weighted by Gasteiger charge is 2.13. The predicted octanol–water partition coefficient (Wildman–Crippen LogP) is 2.33. The fourth-order valence-corrected chi connectivity index (χ4v) is 2.32. The monoisotopic (exact) mass is 342 g/mol. The van der Waals surface area contributed by atoms with E-state index in [4.69, 9.17) is 5.11 Å². The van der Waals surface area contributed by atoms with Crippen molar-refractivity contribution in [3.63, 3.8) is 0 Å². The van der Waals surface area contributed by atoms with Crippen molar-refractivity contribution in [2.24, 2.45) is 0 Å². The third kappa shape index (κ3) is 6.03. The highest BCUT2D eigenvalue weighted by Crippen LogP contribution is 2.16. The summed E-state index contributed by atoms with van der Waals surface area (Å²) in [5.74, 6) is -0.0117. The maximum absolute atomic E-state index is 12.0. The summed E-state index contributed by atoms with van der Waals surface area (Å²) in [6.45, 7) is 5.80. The fraction of sp³-hybridized carbons (Fsp3) is 0.533. The van der Waals surface area contributed by atoms with E-state index in [-0.39, 0.29) is 18.6 Å². The lowest BCUT2D eigenvalue weighted by Gasteiger charge is -2.21. The quantitative estimate of drug-likeness (QED) is 0.762. The topological polar surface area (TPSA) is 52.6 Å². The Morgan fingerprint density at radius 2 is 2.00 bits per heavy atom. The molecular formula is C15H23BrN2O2. The first-order chi connectivity index (χ1) is 9.56. The lowest BCUT2D eigenvalue weighted by molar-refractivity contribution is -0.123. The summed E-state index contributed by atoms with van der Waals surface area (Å²) in [6.07, 6.45) is 0.968. The number of aliphatic hydroxyl groups is 1. The van der Waals surface area contributed by atoms with Gasteiger partial charge < -0.3 is 10.4 Å². The van der Waals surface area contributed by atoms with E-state index >= 15 is 0 Å². The molecule has 0 aliphatic rings. The molecule has 0 bridgehead atoms. The third-order valence-corrected chi connectivity index (χ3v) is 3.60. The van der Waals surface area contributed by atoms with Crippen LogP contribution in [0.2, 0.25) is 0 Å². The Hall–Kier alpha value is -0.910. The summed E-state index contributed by atoms with van der Waals surface area (Å²) in [4.78, 5) is 14.0. The van der Waals surface area contributed by atoms with Gasteiger partial charge in [0.05, 0.1) is 19.2 Å². The van der Waals surface area contributed by atoms with E-state index in [0.717, 1.165) is 23.0 Å². The van der Waals surface area contributed by atoms with Gasteiger partial charge in [-0.15, -0.1) is 0 Å². The van der Waals surface area contributed by atoms with Crippen LogP contribution in [0.25, 0.3) is 0 Å². The van der Waals surface area contributed by atoms with Crippen molar-refractivity contribution in [1.29, 1.82) is 0 Å². The van der Waals surface area contributed by atoms with Gasteiger partial charge in [0.1, 0.15) is 0 Å². The van der Waals surface area contributed by atoms with E-state index in [1.807, 2.05) is 36.1 Å². The summed E-state index contributed by atoms with van der Waals surface area (Å²) < 4.78 is 1.02. The normalized spacial score (nSPS) is 12.4. The maximum Gasteiger partial charge on any atom is 0.234 e. The van der Waals surface area contributed by atoms with Crippen LogP contribution >= 0.6 is 15.9 Å². The van der Waals surface area contributed by atoms with Gasteiger partial charge in [0, 0.05) is 11.0 Å². The molecule has 5 heteroatoms. The molecule has 1 amide bonds. The minimum Gasteiger partial charge on any atom is -0.395 e. The van der Waals surface area contributed by atoms with Gasteiger partial charge in [-0.1, -0.05) is 35.0 Å². The molecule has 0 aromatic heterocycles. The Bertz CT molecular complexity index is 403. The molecule has 1 aromatic rings. The number of carbonyl (C=O) groups is 1. The van der Waals surface area contributed by atoms with Crippen LogP contribution in [0.1, 0.15) is 31.9 Å². The Morgan fingerprint density at radius 3 is 2.55 bits per heavy atom. The summed E-state index contributed by atoms with van der Waals surface area (Å²) >= 11 is 3.39. The Labute approximate surface area is 129 Å². The SMILES string of the molecule is CCCN(CCO)CC(=O)N[C@H](C)c1ccc(Br)cc1. The van der Waals surface area contributed by atoms with E-state index < -0.39 is 0 Å². The molecule has 1 atom stereocenters. The van der Waals surface area contributed by atoms with Crippen molar-refractivity contribution in [2.75, 3.05) is 26.2 Å². The number of nitrogens with one attached hydrogen (secondary N) is 1. The van der Waals surface area contributed by atoms with Gasteiger partial charge >= 0.3 is 0 Å². The zero-order chi connectivity index (χ0) is 15.0. The highest BCUT2D eigenvalue weighted by molar-refractivity contribution is 9.10. The maximum atomic E-state index is 12.0. The number of hydrogen-bond donors (Lipinski definition) is 2. The van der Waals surface area contributed by atoms with E-state index in [0.29, 0.717) is 13.1 Å². The number of aliphatic hydroxyl groups excluding tert-OH is 1. The fourth-order valence-electron chi connectivity index (χ4n) is 2.05. The number of hydrogen-bond acceptors (Lipinski definition) is 3. The molecule has 2 N–H and O–H groups in total. The second kappa shape index (κ2) is 9.10. The number of halogens is 1. The van der Waals surface area contributed by atoms with Crippen LogP contribution in [-0.2, 0) is 4.79 Å². The van der Waals surface area contributed by atoms with Crippen molar-refractivity contribution in [1.82, 2.24) is 10.2 Å². The zero-order valence-electron chi connectivity index (χ0n) is 12.1. The molecule has 0 spiro atoms. The molecule has 0 unspecified atom stereocenters. The summed E-state index contributed by atoms with van der Waals surface area (Å²) in [5.41, 5.74) is 1.07. The van der Waals surface area contributed by atoms with Gasteiger partial charge in [-0.3, -0.25) is 9.69 Å². The summed E-state index contributed by atoms with van der Waals surface area (Å²) in [6, 6.07) is 7.90. The van der Waals surface area contributed by atoms with Crippen molar-refractivity contribution in [3.8, 4) is 0 Å². The third-order valence-electron chi connectivity index (χ3n) is 3.07. The number of nitrogens with zero attached hydrogens (tertiary/aromatic N) is 1. The van der Waals surface area contributed by atoms with Crippen molar-refractivity contribution in [2.45, 2.75) is 26.3 Å². The van der Waals surface area contributed by atoms with Crippen LogP contribution in [0.5, 0.6) is 0 Å². The average molecular weight is 343 g/mol. The zero-order valence-corrected chi connectivity index (χ0v) is 13.7. The van der Waals surface area contributed by atoms with Gasteiger partial charge in [-0.05, 0) is 37.6 Å². The first-order valence-corrected chi connectivity index (χ1v) is 7.74. The molecule has 0 radical (unpaired) electrons. The second-order valence-electron chi connectivity index (χ2n) is 4.84. The lowest BCUT2D eigenvalue weighted by Crippen LogP contribution is -2.39. The Morgan fingerprint density at radius 1 is 1.35 bits per heavy atom.